The van der Waals surface area contributed by atoms with Gasteiger partial charge in [-0.15, -0.1) is 0 Å². The van der Waals surface area contributed by atoms with Gasteiger partial charge in [0.05, 0.1) is 21.8 Å². The van der Waals surface area contributed by atoms with Gasteiger partial charge in [0.15, 0.2) is 5.13 Å². The molecule has 0 unspecified atom stereocenters. The van der Waals surface area contributed by atoms with Gasteiger partial charge in [-0.1, -0.05) is 22.9 Å². The van der Waals surface area contributed by atoms with Crippen molar-refractivity contribution in [2.75, 3.05) is 32.1 Å². The zero-order chi connectivity index (χ0) is 19.4. The molecule has 0 fully saturated rings. The maximum atomic E-state index is 13.1. The third kappa shape index (κ3) is 4.64. The Bertz CT molecular complexity index is 991. The van der Waals surface area contributed by atoms with Crippen molar-refractivity contribution in [3.63, 3.8) is 0 Å². The molecule has 138 valence electrons. The lowest BCUT2D eigenvalue weighted by atomic mass is 10.1. The van der Waals surface area contributed by atoms with Gasteiger partial charge in [0, 0.05) is 17.1 Å². The highest BCUT2D eigenvalue weighted by molar-refractivity contribution is 7.22. The van der Waals surface area contributed by atoms with Crippen molar-refractivity contribution < 1.29 is 4.79 Å². The number of benzene rings is 2. The fraction of sp³-hybridized carbons (Fsp3) is 0.250. The van der Waals surface area contributed by atoms with E-state index < -0.39 is 0 Å². The van der Waals surface area contributed by atoms with Crippen LogP contribution in [-0.2, 0) is 0 Å². The minimum Gasteiger partial charge on any atom is -0.309 e. The molecule has 0 aliphatic carbocycles. The van der Waals surface area contributed by atoms with Crippen LogP contribution in [0.25, 0.3) is 10.2 Å². The van der Waals surface area contributed by atoms with Gasteiger partial charge in [0.2, 0.25) is 0 Å². The first-order valence-electron chi connectivity index (χ1n) is 8.51. The predicted octanol–water partition coefficient (Wildman–Crippen LogP) is 4.42. The highest BCUT2D eigenvalue weighted by Gasteiger charge is 2.21. The quantitative estimate of drug-likeness (QED) is 0.616. The first-order valence-corrected chi connectivity index (χ1v) is 9.70. The lowest BCUT2D eigenvalue weighted by Gasteiger charge is -2.21. The summed E-state index contributed by atoms with van der Waals surface area (Å²) in [6.07, 6.45) is 0.825. The van der Waals surface area contributed by atoms with E-state index in [1.165, 1.54) is 11.3 Å². The van der Waals surface area contributed by atoms with Crippen LogP contribution in [0.15, 0.2) is 42.5 Å². The Hall–Kier alpha value is -2.46. The largest absolute Gasteiger partial charge is 0.309 e. The van der Waals surface area contributed by atoms with Crippen molar-refractivity contribution in [3.05, 3.63) is 58.6 Å². The maximum Gasteiger partial charge on any atom is 0.260 e. The van der Waals surface area contributed by atoms with Gasteiger partial charge in [0.25, 0.3) is 5.91 Å². The van der Waals surface area contributed by atoms with Crippen LogP contribution in [0, 0.1) is 11.3 Å². The number of rotatable bonds is 6. The van der Waals surface area contributed by atoms with Crippen LogP contribution < -0.4 is 4.90 Å². The Labute approximate surface area is 167 Å². The number of nitriles is 1. The fourth-order valence-corrected chi connectivity index (χ4v) is 3.94. The minimum absolute atomic E-state index is 0.122. The van der Waals surface area contributed by atoms with Crippen molar-refractivity contribution in [1.29, 1.82) is 5.26 Å². The van der Waals surface area contributed by atoms with Crippen molar-refractivity contribution in [2.45, 2.75) is 6.42 Å². The molecule has 27 heavy (non-hydrogen) atoms. The average Bonchev–Trinajstić information content (AvgIpc) is 3.07. The van der Waals surface area contributed by atoms with Gasteiger partial charge in [-0.2, -0.15) is 5.26 Å². The highest BCUT2D eigenvalue weighted by Crippen LogP contribution is 2.31. The monoisotopic (exact) mass is 398 g/mol. The maximum absolute atomic E-state index is 13.1. The number of halogens is 1. The lowest BCUT2D eigenvalue weighted by Crippen LogP contribution is -2.33. The molecule has 0 aliphatic rings. The number of amides is 1. The second-order valence-corrected chi connectivity index (χ2v) is 7.86. The molecule has 1 aromatic heterocycles. The number of carbonyl (C=O) groups excluding carboxylic acids is 1. The molecular formula is C20H19ClN4OS. The SMILES string of the molecule is CN(C)CCCN(C(=O)c1ccc(C#N)cc1)c1nc2ccc(Cl)cc2s1. The van der Waals surface area contributed by atoms with Crippen LogP contribution in [-0.4, -0.2) is 43.0 Å². The Morgan fingerprint density at radius 3 is 2.59 bits per heavy atom. The van der Waals surface area contributed by atoms with Gasteiger partial charge >= 0.3 is 0 Å². The summed E-state index contributed by atoms with van der Waals surface area (Å²) in [6, 6.07) is 14.3. The predicted molar refractivity (Wildman–Crippen MR) is 111 cm³/mol. The van der Waals surface area contributed by atoms with E-state index in [1.807, 2.05) is 26.2 Å². The number of hydrogen-bond donors (Lipinski definition) is 0. The minimum atomic E-state index is -0.122. The fourth-order valence-electron chi connectivity index (χ4n) is 2.67. The molecule has 1 heterocycles. The standard InChI is InChI=1S/C20H19ClN4OS/c1-24(2)10-3-11-25(19(26)15-6-4-14(13-22)5-7-15)20-23-17-9-8-16(21)12-18(17)27-20/h4-9,12H,3,10-11H2,1-2H3. The van der Waals surface area contributed by atoms with E-state index in [0.717, 1.165) is 23.2 Å². The van der Waals surface area contributed by atoms with Crippen LogP contribution in [0.4, 0.5) is 5.13 Å². The van der Waals surface area contributed by atoms with Crippen molar-refractivity contribution >= 4 is 44.2 Å². The van der Waals surface area contributed by atoms with Crippen LogP contribution in [0.2, 0.25) is 5.02 Å². The number of hydrogen-bond acceptors (Lipinski definition) is 5. The van der Waals surface area contributed by atoms with Gasteiger partial charge in [-0.05, 0) is 69.5 Å². The smallest absolute Gasteiger partial charge is 0.260 e. The van der Waals surface area contributed by atoms with Crippen LogP contribution >= 0.6 is 22.9 Å². The second kappa shape index (κ2) is 8.49. The number of aromatic nitrogens is 1. The van der Waals surface area contributed by atoms with Crippen molar-refractivity contribution in [3.8, 4) is 6.07 Å². The Morgan fingerprint density at radius 2 is 1.93 bits per heavy atom. The molecule has 1 amide bonds. The van der Waals surface area contributed by atoms with E-state index >= 15 is 0 Å². The van der Waals surface area contributed by atoms with Gasteiger partial charge in [0.1, 0.15) is 0 Å². The first kappa shape index (κ1) is 19.3. The Morgan fingerprint density at radius 1 is 1.19 bits per heavy atom. The van der Waals surface area contributed by atoms with Crippen LogP contribution in [0.1, 0.15) is 22.3 Å². The summed E-state index contributed by atoms with van der Waals surface area (Å²) in [4.78, 5) is 21.6. The molecule has 0 saturated heterocycles. The topological polar surface area (TPSA) is 60.2 Å². The Balaban J connectivity index is 1.93. The molecule has 0 N–H and O–H groups in total. The van der Waals surface area contributed by atoms with Crippen molar-refractivity contribution in [2.24, 2.45) is 0 Å². The van der Waals surface area contributed by atoms with E-state index in [0.29, 0.717) is 27.8 Å². The normalized spacial score (nSPS) is 10.9. The summed E-state index contributed by atoms with van der Waals surface area (Å²) in [5.74, 6) is -0.122. The van der Waals surface area contributed by atoms with Crippen LogP contribution in [0.3, 0.4) is 0 Å². The molecule has 0 radical (unpaired) electrons. The lowest BCUT2D eigenvalue weighted by molar-refractivity contribution is 0.0986. The molecule has 0 bridgehead atoms. The highest BCUT2D eigenvalue weighted by atomic mass is 35.5. The molecule has 0 spiro atoms. The third-order valence-corrected chi connectivity index (χ3v) is 5.34. The van der Waals surface area contributed by atoms with E-state index in [9.17, 15) is 4.79 Å². The van der Waals surface area contributed by atoms with E-state index in [1.54, 1.807) is 35.2 Å². The molecule has 7 heteroatoms. The number of carbonyl (C=O) groups is 1. The Kier molecular flexibility index (Phi) is 6.07. The summed E-state index contributed by atoms with van der Waals surface area (Å²) in [7, 11) is 4.01. The molecule has 3 aromatic rings. The van der Waals surface area contributed by atoms with Crippen LogP contribution in [0.5, 0.6) is 0 Å². The van der Waals surface area contributed by atoms with Gasteiger partial charge in [-0.25, -0.2) is 4.98 Å². The van der Waals surface area contributed by atoms with Gasteiger partial charge < -0.3 is 4.90 Å². The molecule has 3 rings (SSSR count). The third-order valence-electron chi connectivity index (χ3n) is 4.06. The zero-order valence-electron chi connectivity index (χ0n) is 15.1. The molecule has 5 nitrogen and oxygen atoms in total. The summed E-state index contributed by atoms with van der Waals surface area (Å²) in [6.45, 7) is 1.43. The molecular weight excluding hydrogens is 380 g/mol. The second-order valence-electron chi connectivity index (χ2n) is 6.41. The first-order chi connectivity index (χ1) is 13.0. The van der Waals surface area contributed by atoms with E-state index in [4.69, 9.17) is 16.9 Å². The summed E-state index contributed by atoms with van der Waals surface area (Å²) < 4.78 is 0.947. The number of thiazole rings is 1. The number of anilines is 1. The average molecular weight is 399 g/mol. The number of nitrogens with zero attached hydrogens (tertiary/aromatic N) is 4. The number of fused-ring (bicyclic) bond motifs is 1. The molecule has 0 saturated carbocycles. The van der Waals surface area contributed by atoms with E-state index in [-0.39, 0.29) is 5.91 Å². The zero-order valence-corrected chi connectivity index (χ0v) is 16.7. The van der Waals surface area contributed by atoms with Gasteiger partial charge in [-0.3, -0.25) is 9.69 Å². The van der Waals surface area contributed by atoms with E-state index in [2.05, 4.69) is 16.0 Å². The van der Waals surface area contributed by atoms with Crippen molar-refractivity contribution in [1.82, 2.24) is 9.88 Å². The summed E-state index contributed by atoms with van der Waals surface area (Å²) in [5, 5.41) is 10.3. The molecule has 0 atom stereocenters. The molecule has 2 aromatic carbocycles. The molecule has 0 aliphatic heterocycles. The summed E-state index contributed by atoms with van der Waals surface area (Å²) >= 11 is 7.53. The summed E-state index contributed by atoms with van der Waals surface area (Å²) in [5.41, 5.74) is 1.89.